The van der Waals surface area contributed by atoms with Gasteiger partial charge in [-0.3, -0.25) is 4.68 Å². The molecule has 0 spiro atoms. The van der Waals surface area contributed by atoms with Gasteiger partial charge in [0, 0.05) is 32.1 Å². The molecular formula is C11H21N3O. The Morgan fingerprint density at radius 3 is 2.93 bits per heavy atom. The van der Waals surface area contributed by atoms with Gasteiger partial charge in [0.15, 0.2) is 0 Å². The molecule has 0 aliphatic rings. The fourth-order valence-electron chi connectivity index (χ4n) is 1.21. The van der Waals surface area contributed by atoms with Gasteiger partial charge in [-0.25, -0.2) is 0 Å². The lowest BCUT2D eigenvalue weighted by atomic mass is 10.2. The highest BCUT2D eigenvalue weighted by molar-refractivity contribution is 4.77. The molecule has 1 N–H and O–H groups in total. The average Bonchev–Trinajstić information content (AvgIpc) is 2.68. The molecule has 0 saturated heterocycles. The van der Waals surface area contributed by atoms with Crippen LogP contribution in [0, 0.1) is 5.92 Å². The highest BCUT2D eigenvalue weighted by Gasteiger charge is 1.93. The molecule has 4 heteroatoms. The third-order valence-corrected chi connectivity index (χ3v) is 1.95. The predicted molar refractivity (Wildman–Crippen MR) is 60.8 cm³/mol. The van der Waals surface area contributed by atoms with E-state index in [4.69, 9.17) is 4.74 Å². The maximum Gasteiger partial charge on any atom is 0.0591 e. The van der Waals surface area contributed by atoms with Crippen molar-refractivity contribution in [3.05, 3.63) is 18.5 Å². The SMILES string of the molecule is CC(C)COCCNCCn1cccn1. The average molecular weight is 211 g/mol. The van der Waals surface area contributed by atoms with Crippen molar-refractivity contribution in [3.63, 3.8) is 0 Å². The molecular weight excluding hydrogens is 190 g/mol. The number of nitrogens with zero attached hydrogens (tertiary/aromatic N) is 2. The maximum atomic E-state index is 5.45. The molecule has 0 aromatic carbocycles. The molecule has 1 heterocycles. The van der Waals surface area contributed by atoms with Crippen molar-refractivity contribution in [1.29, 1.82) is 0 Å². The van der Waals surface area contributed by atoms with Gasteiger partial charge in [-0.15, -0.1) is 0 Å². The van der Waals surface area contributed by atoms with Gasteiger partial charge in [0.1, 0.15) is 0 Å². The van der Waals surface area contributed by atoms with E-state index in [9.17, 15) is 0 Å². The monoisotopic (exact) mass is 211 g/mol. The smallest absolute Gasteiger partial charge is 0.0591 e. The standard InChI is InChI=1S/C11H21N3O/c1-11(2)10-15-9-6-12-5-8-14-7-3-4-13-14/h3-4,7,11-12H,5-6,8-10H2,1-2H3. The maximum absolute atomic E-state index is 5.45. The zero-order chi connectivity index (χ0) is 10.9. The van der Waals surface area contributed by atoms with Crippen LogP contribution >= 0.6 is 0 Å². The summed E-state index contributed by atoms with van der Waals surface area (Å²) in [6.07, 6.45) is 3.77. The summed E-state index contributed by atoms with van der Waals surface area (Å²) in [4.78, 5) is 0. The summed E-state index contributed by atoms with van der Waals surface area (Å²) >= 11 is 0. The Balaban J connectivity index is 1.85. The van der Waals surface area contributed by atoms with Crippen LogP contribution in [-0.4, -0.2) is 36.1 Å². The van der Waals surface area contributed by atoms with Crippen LogP contribution in [0.1, 0.15) is 13.8 Å². The molecule has 86 valence electrons. The topological polar surface area (TPSA) is 39.1 Å². The quantitative estimate of drug-likeness (QED) is 0.656. The number of hydrogen-bond donors (Lipinski definition) is 1. The molecule has 1 rings (SSSR count). The summed E-state index contributed by atoms with van der Waals surface area (Å²) in [6, 6.07) is 1.94. The second kappa shape index (κ2) is 7.43. The van der Waals surface area contributed by atoms with Gasteiger partial charge in [-0.2, -0.15) is 5.10 Å². The van der Waals surface area contributed by atoms with Crippen LogP contribution < -0.4 is 5.32 Å². The Kier molecular flexibility index (Phi) is 6.04. The van der Waals surface area contributed by atoms with Crippen LogP contribution in [-0.2, 0) is 11.3 Å². The number of rotatable bonds is 8. The first-order valence-electron chi connectivity index (χ1n) is 5.55. The van der Waals surface area contributed by atoms with E-state index in [0.29, 0.717) is 5.92 Å². The minimum Gasteiger partial charge on any atom is -0.380 e. The molecule has 0 amide bonds. The number of ether oxygens (including phenoxy) is 1. The first-order valence-corrected chi connectivity index (χ1v) is 5.55. The van der Waals surface area contributed by atoms with Crippen LogP contribution in [0.3, 0.4) is 0 Å². The van der Waals surface area contributed by atoms with E-state index in [0.717, 1.165) is 32.8 Å². The lowest BCUT2D eigenvalue weighted by Gasteiger charge is -2.07. The zero-order valence-corrected chi connectivity index (χ0v) is 9.65. The Bertz CT molecular complexity index is 234. The summed E-state index contributed by atoms with van der Waals surface area (Å²) in [5.41, 5.74) is 0. The molecule has 0 unspecified atom stereocenters. The van der Waals surface area contributed by atoms with E-state index in [1.807, 2.05) is 16.9 Å². The lowest BCUT2D eigenvalue weighted by Crippen LogP contribution is -2.24. The van der Waals surface area contributed by atoms with Gasteiger partial charge in [-0.1, -0.05) is 13.8 Å². The molecule has 1 aromatic heterocycles. The Morgan fingerprint density at radius 1 is 1.40 bits per heavy atom. The first-order chi connectivity index (χ1) is 7.29. The van der Waals surface area contributed by atoms with Crippen molar-refractivity contribution in [2.45, 2.75) is 20.4 Å². The Labute approximate surface area is 91.6 Å². The molecule has 0 saturated carbocycles. The largest absolute Gasteiger partial charge is 0.380 e. The Morgan fingerprint density at radius 2 is 2.27 bits per heavy atom. The van der Waals surface area contributed by atoms with Gasteiger partial charge >= 0.3 is 0 Å². The third kappa shape index (κ3) is 6.25. The van der Waals surface area contributed by atoms with Gasteiger partial charge in [0.05, 0.1) is 13.2 Å². The number of aromatic nitrogens is 2. The van der Waals surface area contributed by atoms with Crippen molar-refractivity contribution in [2.24, 2.45) is 5.92 Å². The molecule has 4 nitrogen and oxygen atoms in total. The van der Waals surface area contributed by atoms with E-state index >= 15 is 0 Å². The number of nitrogens with one attached hydrogen (secondary N) is 1. The van der Waals surface area contributed by atoms with Crippen molar-refractivity contribution >= 4 is 0 Å². The van der Waals surface area contributed by atoms with Gasteiger partial charge in [0.25, 0.3) is 0 Å². The first kappa shape index (κ1) is 12.2. The summed E-state index contributed by atoms with van der Waals surface area (Å²) in [7, 11) is 0. The van der Waals surface area contributed by atoms with Crippen molar-refractivity contribution in [3.8, 4) is 0 Å². The molecule has 0 aliphatic heterocycles. The normalized spacial score (nSPS) is 11.1. The van der Waals surface area contributed by atoms with Crippen molar-refractivity contribution < 1.29 is 4.74 Å². The predicted octanol–water partition coefficient (Wildman–Crippen LogP) is 1.15. The van der Waals surface area contributed by atoms with Crippen LogP contribution in [0.4, 0.5) is 0 Å². The fraction of sp³-hybridized carbons (Fsp3) is 0.727. The minimum absolute atomic E-state index is 0.620. The van der Waals surface area contributed by atoms with E-state index < -0.39 is 0 Å². The second-order valence-corrected chi connectivity index (χ2v) is 3.99. The third-order valence-electron chi connectivity index (χ3n) is 1.95. The molecule has 0 bridgehead atoms. The van der Waals surface area contributed by atoms with E-state index in [-0.39, 0.29) is 0 Å². The van der Waals surface area contributed by atoms with Gasteiger partial charge < -0.3 is 10.1 Å². The minimum atomic E-state index is 0.620. The summed E-state index contributed by atoms with van der Waals surface area (Å²) in [5.74, 6) is 0.620. The highest BCUT2D eigenvalue weighted by atomic mass is 16.5. The molecule has 0 aliphatic carbocycles. The van der Waals surface area contributed by atoms with E-state index in [2.05, 4.69) is 24.3 Å². The highest BCUT2D eigenvalue weighted by Crippen LogP contribution is 1.90. The van der Waals surface area contributed by atoms with Crippen LogP contribution in [0.2, 0.25) is 0 Å². The summed E-state index contributed by atoms with van der Waals surface area (Å²) in [5, 5.41) is 7.43. The second-order valence-electron chi connectivity index (χ2n) is 3.99. The molecule has 0 radical (unpaired) electrons. The molecule has 15 heavy (non-hydrogen) atoms. The van der Waals surface area contributed by atoms with E-state index in [1.54, 1.807) is 6.20 Å². The zero-order valence-electron chi connectivity index (χ0n) is 9.65. The van der Waals surface area contributed by atoms with Gasteiger partial charge in [-0.05, 0) is 12.0 Å². The van der Waals surface area contributed by atoms with Crippen LogP contribution in [0.5, 0.6) is 0 Å². The summed E-state index contributed by atoms with van der Waals surface area (Å²) < 4.78 is 7.37. The van der Waals surface area contributed by atoms with Crippen molar-refractivity contribution in [1.82, 2.24) is 15.1 Å². The van der Waals surface area contributed by atoms with Crippen LogP contribution in [0.15, 0.2) is 18.5 Å². The molecule has 0 atom stereocenters. The fourth-order valence-corrected chi connectivity index (χ4v) is 1.21. The molecule has 1 aromatic rings. The van der Waals surface area contributed by atoms with E-state index in [1.165, 1.54) is 0 Å². The Hall–Kier alpha value is -0.870. The lowest BCUT2D eigenvalue weighted by molar-refractivity contribution is 0.111. The number of hydrogen-bond acceptors (Lipinski definition) is 3. The van der Waals surface area contributed by atoms with Crippen molar-refractivity contribution in [2.75, 3.05) is 26.3 Å². The van der Waals surface area contributed by atoms with Crippen LogP contribution in [0.25, 0.3) is 0 Å². The van der Waals surface area contributed by atoms with Gasteiger partial charge in [0.2, 0.25) is 0 Å². The molecule has 0 fully saturated rings. The summed E-state index contributed by atoms with van der Waals surface area (Å²) in [6.45, 7) is 8.71.